The Morgan fingerprint density at radius 3 is 2.50 bits per heavy atom. The van der Waals surface area contributed by atoms with Gasteiger partial charge in [0.15, 0.2) is 11.6 Å². The summed E-state index contributed by atoms with van der Waals surface area (Å²) in [6.45, 7) is 4.51. The summed E-state index contributed by atoms with van der Waals surface area (Å²) in [5, 5.41) is 0. The molecule has 2 aromatic carbocycles. The summed E-state index contributed by atoms with van der Waals surface area (Å²) >= 11 is 0. The molecule has 3 nitrogen and oxygen atoms in total. The second kappa shape index (κ2) is 6.32. The summed E-state index contributed by atoms with van der Waals surface area (Å²) in [7, 11) is 0. The summed E-state index contributed by atoms with van der Waals surface area (Å²) in [5.41, 5.74) is 0.583. The van der Waals surface area contributed by atoms with Crippen LogP contribution in [-0.2, 0) is 4.74 Å². The average molecular weight is 331 g/mol. The monoisotopic (exact) mass is 331 g/mol. The van der Waals surface area contributed by atoms with Crippen LogP contribution >= 0.6 is 0 Å². The second-order valence-corrected chi connectivity index (χ2v) is 6.57. The van der Waals surface area contributed by atoms with Crippen LogP contribution in [0, 0.1) is 11.6 Å². The molecular weight excluding hydrogens is 312 g/mol. The van der Waals surface area contributed by atoms with Crippen LogP contribution in [-0.4, -0.2) is 29.5 Å². The van der Waals surface area contributed by atoms with Crippen molar-refractivity contribution in [1.29, 1.82) is 0 Å². The van der Waals surface area contributed by atoms with Crippen LogP contribution in [0.4, 0.5) is 8.78 Å². The van der Waals surface area contributed by atoms with E-state index in [9.17, 15) is 13.6 Å². The van der Waals surface area contributed by atoms with Crippen molar-refractivity contribution in [3.05, 3.63) is 71.3 Å². The second-order valence-electron chi connectivity index (χ2n) is 6.57. The van der Waals surface area contributed by atoms with Crippen LogP contribution in [0.3, 0.4) is 0 Å². The van der Waals surface area contributed by atoms with E-state index in [1.165, 1.54) is 6.07 Å². The van der Waals surface area contributed by atoms with Crippen LogP contribution < -0.4 is 0 Å². The maximum atomic E-state index is 13.5. The fourth-order valence-corrected chi connectivity index (χ4v) is 2.86. The van der Waals surface area contributed by atoms with Crippen molar-refractivity contribution < 1.29 is 18.3 Å². The molecule has 1 aliphatic rings. The van der Waals surface area contributed by atoms with Gasteiger partial charge in [0.1, 0.15) is 6.10 Å². The normalized spacial score (nSPS) is 20.0. The number of halogens is 2. The van der Waals surface area contributed by atoms with Crippen LogP contribution in [0.15, 0.2) is 48.5 Å². The summed E-state index contributed by atoms with van der Waals surface area (Å²) in [5.74, 6) is -2.32. The third-order valence-electron chi connectivity index (χ3n) is 4.30. The highest BCUT2D eigenvalue weighted by Gasteiger charge is 2.39. The minimum absolute atomic E-state index is 0.135. The molecule has 1 heterocycles. The molecule has 1 aliphatic heterocycles. The summed E-state index contributed by atoms with van der Waals surface area (Å²) in [4.78, 5) is 14.5. The smallest absolute Gasteiger partial charge is 0.254 e. The molecule has 24 heavy (non-hydrogen) atoms. The van der Waals surface area contributed by atoms with Gasteiger partial charge in [-0.05, 0) is 37.6 Å². The maximum Gasteiger partial charge on any atom is 0.254 e. The quantitative estimate of drug-likeness (QED) is 0.834. The molecule has 1 amide bonds. The molecule has 1 unspecified atom stereocenters. The van der Waals surface area contributed by atoms with E-state index < -0.39 is 17.2 Å². The van der Waals surface area contributed by atoms with Crippen molar-refractivity contribution in [1.82, 2.24) is 4.90 Å². The molecule has 0 saturated carbocycles. The molecule has 0 aliphatic carbocycles. The highest BCUT2D eigenvalue weighted by Crippen LogP contribution is 2.31. The highest BCUT2D eigenvalue weighted by atomic mass is 19.2. The van der Waals surface area contributed by atoms with E-state index >= 15 is 0 Å². The lowest BCUT2D eigenvalue weighted by Crippen LogP contribution is -2.56. The number of rotatable bonds is 2. The highest BCUT2D eigenvalue weighted by molar-refractivity contribution is 5.94. The fraction of sp³-hybridized carbons (Fsp3) is 0.316. The van der Waals surface area contributed by atoms with E-state index in [0.717, 1.165) is 17.7 Å². The maximum absolute atomic E-state index is 13.5. The molecule has 1 fully saturated rings. The molecule has 0 spiro atoms. The number of hydrogen-bond donors (Lipinski definition) is 0. The van der Waals surface area contributed by atoms with Gasteiger partial charge >= 0.3 is 0 Å². The van der Waals surface area contributed by atoms with Crippen molar-refractivity contribution in [2.75, 3.05) is 13.2 Å². The molecule has 2 aromatic rings. The van der Waals surface area contributed by atoms with Gasteiger partial charge in [0, 0.05) is 5.56 Å². The first kappa shape index (κ1) is 16.6. The largest absolute Gasteiger partial charge is 0.369 e. The van der Waals surface area contributed by atoms with E-state index in [1.807, 2.05) is 44.2 Å². The van der Waals surface area contributed by atoms with Crippen molar-refractivity contribution >= 4 is 5.91 Å². The van der Waals surface area contributed by atoms with Crippen LogP contribution in [0.25, 0.3) is 0 Å². The summed E-state index contributed by atoms with van der Waals surface area (Å²) in [6, 6.07) is 12.9. The summed E-state index contributed by atoms with van der Waals surface area (Å²) in [6.07, 6.45) is -0.242. The first-order valence-electron chi connectivity index (χ1n) is 7.82. The lowest BCUT2D eigenvalue weighted by molar-refractivity contribution is -0.0846. The SMILES string of the molecule is CC1(C)COC(c2ccccc2)CN1C(=O)c1ccc(F)c(F)c1. The first-order valence-corrected chi connectivity index (χ1v) is 7.82. The van der Waals surface area contributed by atoms with Crippen molar-refractivity contribution in [2.24, 2.45) is 0 Å². The standard InChI is InChI=1S/C19H19F2NO2/c1-19(2)12-24-17(13-6-4-3-5-7-13)11-22(19)18(23)14-8-9-15(20)16(21)10-14/h3-10,17H,11-12H2,1-2H3. The fourth-order valence-electron chi connectivity index (χ4n) is 2.86. The first-order chi connectivity index (χ1) is 11.4. The van der Waals surface area contributed by atoms with Crippen LogP contribution in [0.1, 0.15) is 35.9 Å². The third-order valence-corrected chi connectivity index (χ3v) is 4.30. The van der Waals surface area contributed by atoms with Gasteiger partial charge in [-0.15, -0.1) is 0 Å². The number of carbonyl (C=O) groups excluding carboxylic acids is 1. The number of carbonyl (C=O) groups is 1. The minimum Gasteiger partial charge on any atom is -0.369 e. The number of morpholine rings is 1. The van der Waals surface area contributed by atoms with Gasteiger partial charge in [-0.25, -0.2) is 8.78 Å². The Labute approximate surface area is 139 Å². The third kappa shape index (κ3) is 3.17. The topological polar surface area (TPSA) is 29.5 Å². The molecule has 0 bridgehead atoms. The Hall–Kier alpha value is -2.27. The number of nitrogens with zero attached hydrogens (tertiary/aromatic N) is 1. The van der Waals surface area contributed by atoms with Gasteiger partial charge in [0.05, 0.1) is 18.7 Å². The van der Waals surface area contributed by atoms with Crippen LogP contribution in [0.2, 0.25) is 0 Å². The van der Waals surface area contributed by atoms with Gasteiger partial charge in [-0.1, -0.05) is 30.3 Å². The van der Waals surface area contributed by atoms with E-state index in [-0.39, 0.29) is 17.6 Å². The zero-order valence-corrected chi connectivity index (χ0v) is 13.6. The van der Waals surface area contributed by atoms with Crippen molar-refractivity contribution in [3.8, 4) is 0 Å². The van der Waals surface area contributed by atoms with Gasteiger partial charge in [0.2, 0.25) is 0 Å². The Kier molecular flexibility index (Phi) is 4.37. The molecule has 0 aromatic heterocycles. The lowest BCUT2D eigenvalue weighted by Gasteiger charge is -2.45. The Balaban J connectivity index is 1.88. The molecule has 0 radical (unpaired) electrons. The van der Waals surface area contributed by atoms with Gasteiger partial charge < -0.3 is 9.64 Å². The molecule has 3 rings (SSSR count). The number of benzene rings is 2. The van der Waals surface area contributed by atoms with Crippen molar-refractivity contribution in [2.45, 2.75) is 25.5 Å². The molecule has 126 valence electrons. The van der Waals surface area contributed by atoms with E-state index in [2.05, 4.69) is 0 Å². The zero-order chi connectivity index (χ0) is 17.3. The molecule has 1 atom stereocenters. The zero-order valence-electron chi connectivity index (χ0n) is 13.6. The van der Waals surface area contributed by atoms with Gasteiger partial charge in [-0.3, -0.25) is 4.79 Å². The number of ether oxygens (including phenoxy) is 1. The van der Waals surface area contributed by atoms with E-state index in [1.54, 1.807) is 4.90 Å². The molecule has 1 saturated heterocycles. The average Bonchev–Trinajstić information content (AvgIpc) is 2.57. The van der Waals surface area contributed by atoms with Crippen molar-refractivity contribution in [3.63, 3.8) is 0 Å². The predicted octanol–water partition coefficient (Wildman–Crippen LogP) is 3.96. The Morgan fingerprint density at radius 1 is 1.12 bits per heavy atom. The molecule has 0 N–H and O–H groups in total. The Bertz CT molecular complexity index is 746. The van der Waals surface area contributed by atoms with Gasteiger partial charge in [0.25, 0.3) is 5.91 Å². The molecule has 5 heteroatoms. The number of hydrogen-bond acceptors (Lipinski definition) is 2. The van der Waals surface area contributed by atoms with Crippen LogP contribution in [0.5, 0.6) is 0 Å². The predicted molar refractivity (Wildman–Crippen MR) is 86.6 cm³/mol. The minimum atomic E-state index is -1.02. The number of amides is 1. The van der Waals surface area contributed by atoms with E-state index in [4.69, 9.17) is 4.74 Å². The Morgan fingerprint density at radius 2 is 1.83 bits per heavy atom. The van der Waals surface area contributed by atoms with Gasteiger partial charge in [-0.2, -0.15) is 0 Å². The molecular formula is C19H19F2NO2. The lowest BCUT2D eigenvalue weighted by atomic mass is 9.97. The summed E-state index contributed by atoms with van der Waals surface area (Å²) < 4.78 is 32.5. The van der Waals surface area contributed by atoms with E-state index in [0.29, 0.717) is 13.2 Å².